The maximum Gasteiger partial charge on any atom is 0.573 e. The first-order valence-corrected chi connectivity index (χ1v) is 45.7. The van der Waals surface area contributed by atoms with Crippen molar-refractivity contribution in [3.63, 3.8) is 0 Å². The molecule has 0 fully saturated rings. The molecule has 36 heteroatoms. The van der Waals surface area contributed by atoms with Gasteiger partial charge in [0, 0.05) is 53.0 Å². The van der Waals surface area contributed by atoms with Crippen LogP contribution < -0.4 is 45.5 Å². The van der Waals surface area contributed by atoms with Gasteiger partial charge in [0.2, 0.25) is 0 Å². The number of carboxylic acids is 7. The maximum atomic E-state index is 12.7. The maximum absolute atomic E-state index is 12.7. The number of ether oxygens (including phenoxy) is 4. The van der Waals surface area contributed by atoms with Gasteiger partial charge in [0.1, 0.15) is 29.4 Å². The van der Waals surface area contributed by atoms with E-state index in [0.717, 1.165) is 54.9 Å². The number of carbonyl (C=O) groups is 14. The van der Waals surface area contributed by atoms with E-state index >= 15 is 0 Å². The minimum atomic E-state index is -4.98. The molecule has 0 aliphatic heterocycles. The number of alkyl halides is 3. The van der Waals surface area contributed by atoms with Gasteiger partial charge < -0.3 is 86.4 Å². The highest BCUT2D eigenvalue weighted by Crippen LogP contribution is 2.36. The van der Waals surface area contributed by atoms with Gasteiger partial charge in [0.05, 0.1) is 103 Å². The molecule has 12 aromatic rings. The third kappa shape index (κ3) is 35.6. The average molecular weight is 2010 g/mol. The SMILES string of the molecule is CC(=O)c1cc(NC(=O)c2ccccc2C(=O)O)ccc1CCCO.CC(C)Oc1ccc(NC(=O)c2ccccc2C(=O)O)cc1C#N.CCCCc1ccc(CC(=O)c2ccccc2C(=O)O)cc1C(=O)O.CCCCc1ccc(NC(=O)c2ccccc2C(=O)O)cc1C.CCCOc1ccc(NC(=O)c2ccccc2C(=O)O)c(OC(F)(F)F)c1.CCOc1ccc(NC(=O)c2ccccc2C(=O)O)cc1C#N. The van der Waals surface area contributed by atoms with Crippen molar-refractivity contribution in [2.24, 2.45) is 0 Å². The van der Waals surface area contributed by atoms with Crippen LogP contribution in [0.1, 0.15) is 271 Å². The van der Waals surface area contributed by atoms with Crippen LogP contribution in [-0.4, -0.2) is 156 Å². The topological polar surface area (TPSA) is 545 Å². The number of aromatic carboxylic acids is 7. The van der Waals surface area contributed by atoms with Crippen LogP contribution in [0.5, 0.6) is 23.0 Å². The van der Waals surface area contributed by atoms with E-state index in [0.29, 0.717) is 84.3 Å². The third-order valence-corrected chi connectivity index (χ3v) is 21.1. The number of nitriles is 2. The molecule has 12 aromatic carbocycles. The molecule has 12 rings (SSSR count). The highest BCUT2D eigenvalue weighted by atomic mass is 19.4. The van der Waals surface area contributed by atoms with Crippen molar-refractivity contribution in [3.8, 4) is 35.1 Å². The van der Waals surface area contributed by atoms with Gasteiger partial charge in [-0.1, -0.05) is 137 Å². The fourth-order valence-corrected chi connectivity index (χ4v) is 14.1. The lowest BCUT2D eigenvalue weighted by Crippen LogP contribution is -2.20. The number of halogens is 3. The van der Waals surface area contributed by atoms with Crippen molar-refractivity contribution >= 4 is 111 Å². The number of nitrogens with one attached hydrogen (secondary N) is 5. The number of anilines is 5. The van der Waals surface area contributed by atoms with E-state index in [-0.39, 0.29) is 126 Å². The Morgan fingerprint density at radius 2 is 0.707 bits per heavy atom. The van der Waals surface area contributed by atoms with Gasteiger partial charge in [-0.05, 0) is 253 Å². The number of benzene rings is 12. The Labute approximate surface area is 842 Å². The van der Waals surface area contributed by atoms with Gasteiger partial charge >= 0.3 is 48.1 Å². The molecule has 0 atom stereocenters. The number of carbonyl (C=O) groups excluding carboxylic acids is 7. The summed E-state index contributed by atoms with van der Waals surface area (Å²) in [4.78, 5) is 165. The molecule has 0 bridgehead atoms. The zero-order chi connectivity index (χ0) is 108. The monoisotopic (exact) mass is 2010 g/mol. The highest BCUT2D eigenvalue weighted by molar-refractivity contribution is 6.15. The van der Waals surface area contributed by atoms with Gasteiger partial charge in [0.15, 0.2) is 17.3 Å². The van der Waals surface area contributed by atoms with E-state index in [1.165, 1.54) is 128 Å². The lowest BCUT2D eigenvalue weighted by atomic mass is 9.94. The Morgan fingerprint density at radius 3 is 1.08 bits per heavy atom. The van der Waals surface area contributed by atoms with Crippen molar-refractivity contribution < 1.29 is 140 Å². The summed E-state index contributed by atoms with van der Waals surface area (Å²) in [5.41, 5.74) is 6.95. The minimum absolute atomic E-state index is 0.00119. The summed E-state index contributed by atoms with van der Waals surface area (Å²) in [6, 6.07) is 67.9. The molecule has 0 aliphatic rings. The van der Waals surface area contributed by atoms with Crippen molar-refractivity contribution in [1.29, 1.82) is 10.5 Å². The number of carboxylic acid groups (broad SMARTS) is 7. The third-order valence-electron chi connectivity index (χ3n) is 21.1. The number of aryl methyl sites for hydroxylation is 4. The zero-order valence-electron chi connectivity index (χ0n) is 81.0. The van der Waals surface area contributed by atoms with Crippen molar-refractivity contribution in [2.75, 3.05) is 46.4 Å². The highest BCUT2D eigenvalue weighted by Gasteiger charge is 2.34. The van der Waals surface area contributed by atoms with Gasteiger partial charge in [-0.2, -0.15) is 10.5 Å². The number of amides is 5. The zero-order valence-corrected chi connectivity index (χ0v) is 81.0. The lowest BCUT2D eigenvalue weighted by molar-refractivity contribution is -0.274. The standard InChI is InChI=1S/C20H20O5.C19H19NO5.C19H21NO3.C18H16F3NO5.C18H16N2O4.C17H14N2O4/c1-2-3-6-14-10-9-13(11-17(14)20(24)25)12-18(21)15-7-4-5-8-16(15)19(22)23;1-12(22)17-11-14(9-8-13(17)5-4-10-21)20-18(23)15-6-2-3-7-16(15)19(24)25;1-3-4-7-14-10-11-15(12-13(14)2)20-18(21)16-8-5-6-9-17(16)19(22)23;1-2-9-26-11-7-8-14(15(10-11)27-18(19,20)21)22-16(23)12-5-3-4-6-13(12)17(24)25;1-11(2)24-16-8-7-13(9-12(16)10-19)20-17(21)14-5-3-4-6-15(14)18(22)23;1-2-23-15-8-7-12(9-11(15)10-18)19-16(20)13-5-3-4-6-14(13)17(21)22/h4-5,7-11H,2-3,6,12H2,1H3,(H,22,23)(H,24,25);2-3,6-9,11,21H,4-5,10H2,1H3,(H,20,23)(H,24,25);5-6,8-12H,3-4,7H2,1-2H3,(H,20,21)(H,22,23);3-8,10H,2,9H2,1H3,(H,22,23)(H,24,25);3-9,11H,1-2H3,(H,20,21)(H,22,23);3-9H,2H2,1H3,(H,19,20)(H,21,22). The number of unbranched alkanes of at least 4 members (excludes halogenated alkanes) is 2. The molecule has 0 saturated heterocycles. The van der Waals surface area contributed by atoms with Crippen LogP contribution in [0.15, 0.2) is 255 Å². The first kappa shape index (κ1) is 116. The molecule has 0 spiro atoms. The van der Waals surface area contributed by atoms with E-state index in [2.05, 4.69) is 38.2 Å². The molecule has 0 aliphatic carbocycles. The molecular formula is C111H106F3N7O26. The van der Waals surface area contributed by atoms with E-state index < -0.39 is 83.4 Å². The van der Waals surface area contributed by atoms with Gasteiger partial charge in [-0.15, -0.1) is 13.2 Å². The fraction of sp³-hybridized carbons (Fsp3) is 0.207. The first-order chi connectivity index (χ1) is 70.1. The number of aliphatic hydroxyl groups excluding tert-OH is 1. The van der Waals surface area contributed by atoms with Crippen molar-refractivity contribution in [3.05, 3.63) is 372 Å². The normalized spacial score (nSPS) is 10.3. The number of nitrogens with zero attached hydrogens (tertiary/aromatic N) is 2. The fourth-order valence-electron chi connectivity index (χ4n) is 14.1. The Hall–Kier alpha value is -18.5. The molecule has 5 amide bonds. The Bertz CT molecular complexity index is 6770. The number of Topliss-reactive ketones (excluding diaryl/α,β-unsaturated/α-hetero) is 2. The van der Waals surface area contributed by atoms with E-state index in [1.54, 1.807) is 122 Å². The second-order valence-corrected chi connectivity index (χ2v) is 32.2. The molecule has 0 unspecified atom stereocenters. The number of ketones is 2. The van der Waals surface area contributed by atoms with Gasteiger partial charge in [-0.25, -0.2) is 33.6 Å². The molecular weight excluding hydrogens is 1900 g/mol. The predicted octanol–water partition coefficient (Wildman–Crippen LogP) is 21.4. The van der Waals surface area contributed by atoms with Gasteiger partial charge in [-0.3, -0.25) is 33.6 Å². The van der Waals surface area contributed by atoms with Crippen LogP contribution >= 0.6 is 0 Å². The first-order valence-electron chi connectivity index (χ1n) is 45.7. The Balaban J connectivity index is 0.000000239. The second-order valence-electron chi connectivity index (χ2n) is 32.2. The predicted molar refractivity (Wildman–Crippen MR) is 540 cm³/mol. The van der Waals surface area contributed by atoms with E-state index in [1.807, 2.05) is 65.0 Å². The molecule has 0 radical (unpaired) electrons. The number of aliphatic hydroxyl groups is 1. The largest absolute Gasteiger partial charge is 0.573 e. The minimum Gasteiger partial charge on any atom is -0.493 e. The molecule has 0 aromatic heterocycles. The molecule has 13 N–H and O–H groups in total. The average Bonchev–Trinajstić information content (AvgIpc) is 0.815. The van der Waals surface area contributed by atoms with Crippen LogP contribution in [0.25, 0.3) is 0 Å². The van der Waals surface area contributed by atoms with Crippen LogP contribution in [-0.2, 0) is 25.7 Å². The number of rotatable bonds is 38. The number of hydrogen-bond donors (Lipinski definition) is 13. The molecule has 0 saturated carbocycles. The smallest absolute Gasteiger partial charge is 0.493 e. The summed E-state index contributed by atoms with van der Waals surface area (Å²) >= 11 is 0. The molecule has 147 heavy (non-hydrogen) atoms. The van der Waals surface area contributed by atoms with Crippen LogP contribution in [0.4, 0.5) is 41.6 Å². The number of hydrogen-bond acceptors (Lipinski definition) is 21. The summed E-state index contributed by atoms with van der Waals surface area (Å²) < 4.78 is 58.1. The summed E-state index contributed by atoms with van der Waals surface area (Å²) in [6.45, 7) is 15.7. The quantitative estimate of drug-likeness (QED) is 0.0160. The molecule has 33 nitrogen and oxygen atoms in total. The van der Waals surface area contributed by atoms with E-state index in [4.69, 9.17) is 45.0 Å². The molecule has 762 valence electrons. The second kappa shape index (κ2) is 57.5. The lowest BCUT2D eigenvalue weighted by Gasteiger charge is -2.16. The summed E-state index contributed by atoms with van der Waals surface area (Å²) in [5.74, 6) is -11.3. The summed E-state index contributed by atoms with van der Waals surface area (Å²) in [6.07, 6.45) is 2.48. The Morgan fingerprint density at radius 1 is 0.361 bits per heavy atom. The van der Waals surface area contributed by atoms with Crippen LogP contribution in [0, 0.1) is 29.6 Å². The molecule has 0 heterocycles. The summed E-state index contributed by atoms with van der Waals surface area (Å²) in [5, 5.41) is 104. The van der Waals surface area contributed by atoms with Gasteiger partial charge in [0.25, 0.3) is 29.5 Å². The van der Waals surface area contributed by atoms with Crippen LogP contribution in [0.2, 0.25) is 0 Å². The van der Waals surface area contributed by atoms with Crippen molar-refractivity contribution in [1.82, 2.24) is 0 Å². The Kier molecular flexibility index (Phi) is 45.2. The van der Waals surface area contributed by atoms with Crippen molar-refractivity contribution in [2.45, 2.75) is 132 Å². The summed E-state index contributed by atoms with van der Waals surface area (Å²) in [7, 11) is 0. The van der Waals surface area contributed by atoms with Crippen LogP contribution in [0.3, 0.4) is 0 Å². The van der Waals surface area contributed by atoms with E-state index in [9.17, 15) is 101 Å².